The van der Waals surface area contributed by atoms with Crippen LogP contribution < -0.4 is 5.32 Å². The molecule has 0 radical (unpaired) electrons. The quantitative estimate of drug-likeness (QED) is 0.635. The van der Waals surface area contributed by atoms with E-state index in [9.17, 15) is 14.5 Å². The topological polar surface area (TPSA) is 98.8 Å². The number of hydrogen-bond donors (Lipinski definition) is 1. The summed E-state index contributed by atoms with van der Waals surface area (Å²) in [6.45, 7) is 2.94. The number of nitro groups is 1. The fraction of sp³-hybridized carbons (Fsp3) is 0.300. The number of aromatic nitrogens is 4. The predicted molar refractivity (Wildman–Crippen MR) is 63.1 cm³/mol. The van der Waals surface area contributed by atoms with E-state index in [1.54, 1.807) is 0 Å². The summed E-state index contributed by atoms with van der Waals surface area (Å²) < 4.78 is 14.9. The van der Waals surface area contributed by atoms with Gasteiger partial charge in [0.2, 0.25) is 0 Å². The molecule has 1 N–H and O–H groups in total. The molecule has 0 amide bonds. The van der Waals surface area contributed by atoms with Crippen molar-refractivity contribution in [3.05, 3.63) is 40.0 Å². The molecule has 2 rings (SSSR count). The molecule has 8 nitrogen and oxygen atoms in total. The third-order valence-corrected chi connectivity index (χ3v) is 2.44. The molecule has 0 saturated heterocycles. The van der Waals surface area contributed by atoms with Gasteiger partial charge in [-0.15, -0.1) is 5.10 Å². The third-order valence-electron chi connectivity index (χ3n) is 2.44. The first kappa shape index (κ1) is 13.0. The summed E-state index contributed by atoms with van der Waals surface area (Å²) in [7, 11) is 0. The lowest BCUT2D eigenvalue weighted by molar-refractivity contribution is -0.384. The van der Waals surface area contributed by atoms with Crippen molar-refractivity contribution in [3.63, 3.8) is 0 Å². The van der Waals surface area contributed by atoms with Crippen LogP contribution in [-0.2, 0) is 6.54 Å². The molecular weight excluding hydrogens is 255 g/mol. The summed E-state index contributed by atoms with van der Waals surface area (Å²) in [4.78, 5) is 10.1. The Bertz CT molecular complexity index is 599. The zero-order valence-corrected chi connectivity index (χ0v) is 10.1. The Hall–Kier alpha value is -2.42. The molecule has 0 aliphatic carbocycles. The summed E-state index contributed by atoms with van der Waals surface area (Å²) in [5.41, 5.74) is -0.270. The van der Waals surface area contributed by atoms with Crippen molar-refractivity contribution in [1.29, 1.82) is 0 Å². The van der Waals surface area contributed by atoms with E-state index in [1.165, 1.54) is 0 Å². The summed E-state index contributed by atoms with van der Waals surface area (Å²) in [5.74, 6) is -0.253. The van der Waals surface area contributed by atoms with Gasteiger partial charge in [0.1, 0.15) is 11.5 Å². The van der Waals surface area contributed by atoms with Gasteiger partial charge >= 0.3 is 0 Å². The molecular formula is C10H11FN6O2. The Morgan fingerprint density at radius 1 is 1.53 bits per heavy atom. The van der Waals surface area contributed by atoms with E-state index in [1.807, 2.05) is 6.92 Å². The van der Waals surface area contributed by atoms with E-state index in [0.717, 1.165) is 22.9 Å². The largest absolute Gasteiger partial charge is 0.310 e. The number of benzene rings is 1. The molecule has 0 unspecified atom stereocenters. The lowest BCUT2D eigenvalue weighted by Gasteiger charge is -2.05. The first-order valence-electron chi connectivity index (χ1n) is 5.55. The second-order valence-corrected chi connectivity index (χ2v) is 3.68. The average molecular weight is 266 g/mol. The van der Waals surface area contributed by atoms with Crippen LogP contribution in [0.2, 0.25) is 0 Å². The molecule has 1 heterocycles. The third kappa shape index (κ3) is 2.71. The maximum atomic E-state index is 13.7. The molecule has 1 aromatic carbocycles. The van der Waals surface area contributed by atoms with E-state index in [-0.39, 0.29) is 11.4 Å². The van der Waals surface area contributed by atoms with Gasteiger partial charge in [-0.3, -0.25) is 10.1 Å². The van der Waals surface area contributed by atoms with Crippen LogP contribution in [0.4, 0.5) is 10.1 Å². The minimum atomic E-state index is -0.629. The fourth-order valence-electron chi connectivity index (χ4n) is 1.52. The highest BCUT2D eigenvalue weighted by Gasteiger charge is 2.16. The van der Waals surface area contributed by atoms with E-state index in [2.05, 4.69) is 20.8 Å². The molecule has 0 atom stereocenters. The maximum Gasteiger partial charge on any atom is 0.271 e. The van der Waals surface area contributed by atoms with Crippen molar-refractivity contribution in [2.24, 2.45) is 0 Å². The smallest absolute Gasteiger partial charge is 0.271 e. The molecule has 9 heteroatoms. The molecule has 0 spiro atoms. The lowest BCUT2D eigenvalue weighted by Crippen LogP contribution is -2.16. The summed E-state index contributed by atoms with van der Waals surface area (Å²) in [6, 6.07) is 3.21. The van der Waals surface area contributed by atoms with Crippen molar-refractivity contribution in [1.82, 2.24) is 25.5 Å². The molecule has 2 aromatic rings. The highest BCUT2D eigenvalue weighted by molar-refractivity contribution is 5.44. The van der Waals surface area contributed by atoms with Gasteiger partial charge in [0.25, 0.3) is 5.69 Å². The van der Waals surface area contributed by atoms with Crippen LogP contribution in [0, 0.1) is 15.9 Å². The monoisotopic (exact) mass is 266 g/mol. The normalized spacial score (nSPS) is 10.6. The molecule has 0 bridgehead atoms. The predicted octanol–water partition coefficient (Wildman–Crippen LogP) is 0.819. The number of tetrazole rings is 1. The van der Waals surface area contributed by atoms with Gasteiger partial charge < -0.3 is 5.32 Å². The van der Waals surface area contributed by atoms with E-state index in [4.69, 9.17) is 0 Å². The Morgan fingerprint density at radius 3 is 3.00 bits per heavy atom. The minimum absolute atomic E-state index is 0.0490. The molecule has 19 heavy (non-hydrogen) atoms. The highest BCUT2D eigenvalue weighted by Crippen LogP contribution is 2.20. The van der Waals surface area contributed by atoms with Crippen molar-refractivity contribution >= 4 is 5.69 Å². The average Bonchev–Trinajstić information content (AvgIpc) is 2.84. The van der Waals surface area contributed by atoms with E-state index >= 15 is 0 Å². The van der Waals surface area contributed by atoms with Gasteiger partial charge in [0, 0.05) is 12.1 Å². The molecule has 1 aromatic heterocycles. The van der Waals surface area contributed by atoms with Gasteiger partial charge in [0.05, 0.1) is 11.5 Å². The van der Waals surface area contributed by atoms with Crippen molar-refractivity contribution in [2.75, 3.05) is 6.54 Å². The van der Waals surface area contributed by atoms with Crippen LogP contribution in [0.15, 0.2) is 18.2 Å². The summed E-state index contributed by atoms with van der Waals surface area (Å²) >= 11 is 0. The van der Waals surface area contributed by atoms with Crippen molar-refractivity contribution in [2.45, 2.75) is 13.5 Å². The SMILES string of the molecule is CCNCc1nnnn1-c1cc([N+](=O)[O-])ccc1F. The van der Waals surface area contributed by atoms with Gasteiger partial charge in [-0.1, -0.05) is 6.92 Å². The number of halogens is 1. The van der Waals surface area contributed by atoms with Gasteiger partial charge in [-0.05, 0) is 23.0 Å². The number of non-ortho nitro benzene ring substituents is 1. The summed E-state index contributed by atoms with van der Waals surface area (Å²) in [6.07, 6.45) is 0. The molecule has 0 aliphatic rings. The first-order valence-corrected chi connectivity index (χ1v) is 5.55. The number of nitrogens with zero attached hydrogens (tertiary/aromatic N) is 5. The van der Waals surface area contributed by atoms with E-state index < -0.39 is 10.7 Å². The van der Waals surface area contributed by atoms with Crippen molar-refractivity contribution < 1.29 is 9.31 Å². The molecule has 0 fully saturated rings. The zero-order chi connectivity index (χ0) is 13.8. The Morgan fingerprint density at radius 2 is 2.32 bits per heavy atom. The minimum Gasteiger partial charge on any atom is -0.310 e. The van der Waals surface area contributed by atoms with E-state index in [0.29, 0.717) is 18.9 Å². The second-order valence-electron chi connectivity index (χ2n) is 3.68. The van der Waals surface area contributed by atoms with Crippen LogP contribution in [0.1, 0.15) is 12.7 Å². The van der Waals surface area contributed by atoms with Crippen LogP contribution in [-0.4, -0.2) is 31.7 Å². The maximum absolute atomic E-state index is 13.7. The van der Waals surface area contributed by atoms with Gasteiger partial charge in [-0.25, -0.2) is 4.39 Å². The second kappa shape index (κ2) is 5.48. The molecule has 0 aliphatic heterocycles. The van der Waals surface area contributed by atoms with Gasteiger partial charge in [0.15, 0.2) is 5.82 Å². The Balaban J connectivity index is 2.43. The van der Waals surface area contributed by atoms with Crippen LogP contribution in [0.5, 0.6) is 0 Å². The first-order chi connectivity index (χ1) is 9.13. The summed E-state index contributed by atoms with van der Waals surface area (Å²) in [5, 5.41) is 24.6. The zero-order valence-electron chi connectivity index (χ0n) is 10.1. The van der Waals surface area contributed by atoms with Crippen LogP contribution in [0.3, 0.4) is 0 Å². The molecule has 100 valence electrons. The Kier molecular flexibility index (Phi) is 3.76. The lowest BCUT2D eigenvalue weighted by atomic mass is 10.2. The highest BCUT2D eigenvalue weighted by atomic mass is 19.1. The Labute approximate surface area is 107 Å². The number of nitro benzene ring substituents is 1. The van der Waals surface area contributed by atoms with Crippen molar-refractivity contribution in [3.8, 4) is 5.69 Å². The molecule has 0 saturated carbocycles. The standard InChI is InChI=1S/C10H11FN6O2/c1-2-12-6-10-13-14-15-16(10)9-5-7(17(18)19)3-4-8(9)11/h3-5,12H,2,6H2,1H3. The van der Waals surface area contributed by atoms with Crippen LogP contribution >= 0.6 is 0 Å². The fourth-order valence-corrected chi connectivity index (χ4v) is 1.52. The van der Waals surface area contributed by atoms with Gasteiger partial charge in [-0.2, -0.15) is 4.68 Å². The number of nitrogens with one attached hydrogen (secondary N) is 1. The van der Waals surface area contributed by atoms with Crippen LogP contribution in [0.25, 0.3) is 5.69 Å². The number of hydrogen-bond acceptors (Lipinski definition) is 6. The number of rotatable bonds is 5.